The van der Waals surface area contributed by atoms with E-state index in [9.17, 15) is 4.79 Å². The molecule has 0 saturated heterocycles. The monoisotopic (exact) mass is 283 g/mol. The van der Waals surface area contributed by atoms with Crippen LogP contribution >= 0.6 is 0 Å². The fourth-order valence-corrected chi connectivity index (χ4v) is 2.25. The summed E-state index contributed by atoms with van der Waals surface area (Å²) in [7, 11) is 0. The van der Waals surface area contributed by atoms with Crippen LogP contribution in [0.2, 0.25) is 0 Å². The molecule has 21 heavy (non-hydrogen) atoms. The zero-order valence-electron chi connectivity index (χ0n) is 12.5. The highest BCUT2D eigenvalue weighted by molar-refractivity contribution is 5.91. The largest absolute Gasteiger partial charge is 0.384 e. The molecule has 0 aliphatic rings. The smallest absolute Gasteiger partial charge is 0.225 e. The molecule has 1 amide bonds. The highest BCUT2D eigenvalue weighted by Gasteiger charge is 2.14. The van der Waals surface area contributed by atoms with Crippen LogP contribution in [0, 0.1) is 6.92 Å². The van der Waals surface area contributed by atoms with E-state index in [1.807, 2.05) is 0 Å². The first-order valence-corrected chi connectivity index (χ1v) is 7.16. The summed E-state index contributed by atoms with van der Waals surface area (Å²) >= 11 is 0. The first-order chi connectivity index (χ1) is 10.1. The van der Waals surface area contributed by atoms with Crippen LogP contribution < -0.4 is 11.1 Å². The summed E-state index contributed by atoms with van der Waals surface area (Å²) in [4.78, 5) is 16.1. The lowest BCUT2D eigenvalue weighted by Crippen LogP contribution is -2.15. The molecule has 0 aliphatic heterocycles. The van der Waals surface area contributed by atoms with Crippen LogP contribution in [0.3, 0.4) is 0 Å². The van der Waals surface area contributed by atoms with Crippen LogP contribution in [0.1, 0.15) is 36.8 Å². The SMILES string of the molecule is CCC(CC(=O)Nc1ccc(N)nc1)c1ccc(C)cc1. The molecule has 1 heterocycles. The van der Waals surface area contributed by atoms with Gasteiger partial charge in [-0.3, -0.25) is 4.79 Å². The number of nitrogens with one attached hydrogen (secondary N) is 1. The molecule has 110 valence electrons. The first-order valence-electron chi connectivity index (χ1n) is 7.16. The first kappa shape index (κ1) is 15.0. The molecule has 0 fully saturated rings. The van der Waals surface area contributed by atoms with Gasteiger partial charge in [-0.25, -0.2) is 4.98 Å². The van der Waals surface area contributed by atoms with Crippen molar-refractivity contribution in [2.24, 2.45) is 0 Å². The number of carbonyl (C=O) groups excluding carboxylic acids is 1. The van der Waals surface area contributed by atoms with Crippen molar-refractivity contribution < 1.29 is 4.79 Å². The summed E-state index contributed by atoms with van der Waals surface area (Å²) in [6, 6.07) is 11.8. The molecule has 3 N–H and O–H groups in total. The number of amides is 1. The van der Waals surface area contributed by atoms with E-state index in [0.29, 0.717) is 17.9 Å². The maximum atomic E-state index is 12.1. The van der Waals surface area contributed by atoms with E-state index < -0.39 is 0 Å². The number of hydrogen-bond acceptors (Lipinski definition) is 3. The Morgan fingerprint density at radius 1 is 1.24 bits per heavy atom. The minimum atomic E-state index is -0.00556. The summed E-state index contributed by atoms with van der Waals surface area (Å²) in [5.74, 6) is 0.667. The predicted molar refractivity (Wildman–Crippen MR) is 86.1 cm³/mol. The molecule has 4 heteroatoms. The van der Waals surface area contributed by atoms with Gasteiger partial charge in [0.05, 0.1) is 11.9 Å². The van der Waals surface area contributed by atoms with Gasteiger partial charge < -0.3 is 11.1 Å². The minimum Gasteiger partial charge on any atom is -0.384 e. The predicted octanol–water partition coefficient (Wildman–Crippen LogP) is 3.49. The number of nitrogens with zero attached hydrogens (tertiary/aromatic N) is 1. The Hall–Kier alpha value is -2.36. The fraction of sp³-hybridized carbons (Fsp3) is 0.294. The lowest BCUT2D eigenvalue weighted by Gasteiger charge is -2.15. The number of carbonyl (C=O) groups is 1. The van der Waals surface area contributed by atoms with Crippen LogP contribution in [-0.4, -0.2) is 10.9 Å². The number of rotatable bonds is 5. The van der Waals surface area contributed by atoms with Crippen molar-refractivity contribution in [1.29, 1.82) is 0 Å². The third kappa shape index (κ3) is 4.31. The number of aromatic nitrogens is 1. The molecule has 1 aromatic heterocycles. The number of hydrogen-bond donors (Lipinski definition) is 2. The van der Waals surface area contributed by atoms with Gasteiger partial charge in [-0.2, -0.15) is 0 Å². The van der Waals surface area contributed by atoms with Gasteiger partial charge in [-0.1, -0.05) is 36.8 Å². The Morgan fingerprint density at radius 2 is 1.95 bits per heavy atom. The van der Waals surface area contributed by atoms with Crippen LogP contribution in [0.5, 0.6) is 0 Å². The Kier molecular flexibility index (Phi) is 4.93. The highest BCUT2D eigenvalue weighted by atomic mass is 16.1. The number of anilines is 2. The van der Waals surface area contributed by atoms with E-state index in [0.717, 1.165) is 6.42 Å². The topological polar surface area (TPSA) is 68.0 Å². The number of benzene rings is 1. The third-order valence-corrected chi connectivity index (χ3v) is 3.54. The van der Waals surface area contributed by atoms with Gasteiger partial charge in [0.1, 0.15) is 5.82 Å². The quantitative estimate of drug-likeness (QED) is 0.882. The summed E-state index contributed by atoms with van der Waals surface area (Å²) in [6.45, 7) is 4.16. The Labute approximate surface area is 125 Å². The second-order valence-corrected chi connectivity index (χ2v) is 5.24. The number of nitrogens with two attached hydrogens (primary N) is 1. The number of nitrogen functional groups attached to an aromatic ring is 1. The van der Waals surface area contributed by atoms with Gasteiger partial charge in [0, 0.05) is 6.42 Å². The van der Waals surface area contributed by atoms with Gasteiger partial charge in [0.2, 0.25) is 5.91 Å². The van der Waals surface area contributed by atoms with Crippen molar-refractivity contribution in [3.05, 3.63) is 53.7 Å². The van der Waals surface area contributed by atoms with Gasteiger partial charge in [0.15, 0.2) is 0 Å². The third-order valence-electron chi connectivity index (χ3n) is 3.54. The summed E-state index contributed by atoms with van der Waals surface area (Å²) in [5, 5.41) is 2.86. The Bertz CT molecular complexity index is 590. The molecule has 0 saturated carbocycles. The van der Waals surface area contributed by atoms with Crippen LogP contribution in [0.15, 0.2) is 42.6 Å². The normalized spacial score (nSPS) is 11.9. The highest BCUT2D eigenvalue weighted by Crippen LogP contribution is 2.24. The van der Waals surface area contributed by atoms with Crippen molar-refractivity contribution in [3.63, 3.8) is 0 Å². The van der Waals surface area contributed by atoms with Gasteiger partial charge in [-0.05, 0) is 37.0 Å². The van der Waals surface area contributed by atoms with Crippen LogP contribution in [-0.2, 0) is 4.79 Å². The molecule has 2 rings (SSSR count). The van der Waals surface area contributed by atoms with Crippen molar-refractivity contribution in [2.45, 2.75) is 32.6 Å². The van der Waals surface area contributed by atoms with Crippen LogP contribution in [0.4, 0.5) is 11.5 Å². The molecule has 0 spiro atoms. The molecular formula is C17H21N3O. The molecule has 0 aliphatic carbocycles. The minimum absolute atomic E-state index is 0.00556. The summed E-state index contributed by atoms with van der Waals surface area (Å²) < 4.78 is 0. The number of aryl methyl sites for hydroxylation is 1. The average molecular weight is 283 g/mol. The van der Waals surface area contributed by atoms with E-state index in [1.54, 1.807) is 18.3 Å². The molecule has 1 atom stereocenters. The fourth-order valence-electron chi connectivity index (χ4n) is 2.25. The molecule has 1 unspecified atom stereocenters. The van der Waals surface area contributed by atoms with E-state index >= 15 is 0 Å². The van der Waals surface area contributed by atoms with Crippen molar-refractivity contribution in [2.75, 3.05) is 11.1 Å². The summed E-state index contributed by atoms with van der Waals surface area (Å²) in [5.41, 5.74) is 8.63. The molecule has 0 radical (unpaired) electrons. The van der Waals surface area contributed by atoms with Crippen LogP contribution in [0.25, 0.3) is 0 Å². The van der Waals surface area contributed by atoms with Crippen molar-refractivity contribution >= 4 is 17.4 Å². The van der Waals surface area contributed by atoms with E-state index in [4.69, 9.17) is 5.73 Å². The average Bonchev–Trinajstić information content (AvgIpc) is 2.48. The number of pyridine rings is 1. The van der Waals surface area contributed by atoms with Gasteiger partial charge >= 0.3 is 0 Å². The molecule has 0 bridgehead atoms. The zero-order chi connectivity index (χ0) is 15.2. The Balaban J connectivity index is 1.99. The summed E-state index contributed by atoms with van der Waals surface area (Å²) in [6.07, 6.45) is 2.96. The lowest BCUT2D eigenvalue weighted by molar-refractivity contribution is -0.116. The van der Waals surface area contributed by atoms with Gasteiger partial charge in [0.25, 0.3) is 0 Å². The van der Waals surface area contributed by atoms with E-state index in [-0.39, 0.29) is 11.8 Å². The second-order valence-electron chi connectivity index (χ2n) is 5.24. The van der Waals surface area contributed by atoms with E-state index in [1.165, 1.54) is 11.1 Å². The van der Waals surface area contributed by atoms with E-state index in [2.05, 4.69) is 48.4 Å². The Morgan fingerprint density at radius 3 is 2.52 bits per heavy atom. The second kappa shape index (κ2) is 6.88. The molecule has 1 aromatic carbocycles. The maximum Gasteiger partial charge on any atom is 0.225 e. The standard InChI is InChI=1S/C17H21N3O/c1-3-13(14-6-4-12(2)5-7-14)10-17(21)20-15-8-9-16(18)19-11-15/h4-9,11,13H,3,10H2,1-2H3,(H2,18,19)(H,20,21). The molecule has 2 aromatic rings. The van der Waals surface area contributed by atoms with Crippen molar-refractivity contribution in [1.82, 2.24) is 4.98 Å². The maximum absolute atomic E-state index is 12.1. The molecule has 4 nitrogen and oxygen atoms in total. The molecular weight excluding hydrogens is 262 g/mol. The zero-order valence-corrected chi connectivity index (χ0v) is 12.5. The van der Waals surface area contributed by atoms with Crippen molar-refractivity contribution in [3.8, 4) is 0 Å². The lowest BCUT2D eigenvalue weighted by atomic mass is 9.92. The van der Waals surface area contributed by atoms with Gasteiger partial charge in [-0.15, -0.1) is 0 Å².